The Bertz CT molecular complexity index is 418. The lowest BCUT2D eigenvalue weighted by molar-refractivity contribution is -0.0500. The molecule has 1 saturated heterocycles. The lowest BCUT2D eigenvalue weighted by Gasteiger charge is -2.37. The van der Waals surface area contributed by atoms with Crippen LogP contribution in [-0.4, -0.2) is 35.5 Å². The highest BCUT2D eigenvalue weighted by atomic mass is 79.9. The third kappa shape index (κ3) is 3.44. The molecule has 0 radical (unpaired) electrons. The number of nitrogens with zero attached hydrogens (tertiary/aromatic N) is 1. The van der Waals surface area contributed by atoms with Crippen LogP contribution in [-0.2, 0) is 11.3 Å². The van der Waals surface area contributed by atoms with Crippen molar-refractivity contribution < 1.29 is 9.13 Å². The summed E-state index contributed by atoms with van der Waals surface area (Å²) in [6.45, 7) is 4.42. The van der Waals surface area contributed by atoms with E-state index in [1.54, 1.807) is 6.07 Å². The summed E-state index contributed by atoms with van der Waals surface area (Å²) in [6.07, 6.45) is 0.207. The van der Waals surface area contributed by atoms with Crippen molar-refractivity contribution >= 4 is 27.5 Å². The molecule has 1 aliphatic rings. The van der Waals surface area contributed by atoms with Gasteiger partial charge in [-0.2, -0.15) is 0 Å². The van der Waals surface area contributed by atoms with Crippen LogP contribution >= 0.6 is 27.5 Å². The van der Waals surface area contributed by atoms with Gasteiger partial charge in [0, 0.05) is 24.5 Å². The Morgan fingerprint density at radius 1 is 1.56 bits per heavy atom. The molecule has 2 rings (SSSR count). The van der Waals surface area contributed by atoms with Crippen LogP contribution in [0.15, 0.2) is 18.2 Å². The minimum Gasteiger partial charge on any atom is -0.374 e. The number of halogens is 3. The Morgan fingerprint density at radius 3 is 3.00 bits per heavy atom. The molecule has 1 aromatic rings. The van der Waals surface area contributed by atoms with Gasteiger partial charge >= 0.3 is 0 Å². The van der Waals surface area contributed by atoms with Gasteiger partial charge in [0.25, 0.3) is 0 Å². The molecule has 5 heteroatoms. The van der Waals surface area contributed by atoms with E-state index in [2.05, 4.69) is 27.8 Å². The fraction of sp³-hybridized carbons (Fsp3) is 0.538. The summed E-state index contributed by atoms with van der Waals surface area (Å²) in [5, 5.41) is 0.998. The molecule has 0 bridgehead atoms. The van der Waals surface area contributed by atoms with Gasteiger partial charge in [-0.05, 0) is 24.6 Å². The van der Waals surface area contributed by atoms with Crippen molar-refractivity contribution in [3.63, 3.8) is 0 Å². The molecule has 0 amide bonds. The standard InChI is InChI=1S/C13H16BrClFNO/c1-9-8-18-11(5-14)7-17(9)6-10-2-3-12(15)13(16)4-10/h2-4,9,11H,5-8H2,1H3. The van der Waals surface area contributed by atoms with Crippen LogP contribution in [0.5, 0.6) is 0 Å². The normalized spacial score (nSPS) is 25.3. The smallest absolute Gasteiger partial charge is 0.142 e. The lowest BCUT2D eigenvalue weighted by atomic mass is 10.1. The fourth-order valence-electron chi connectivity index (χ4n) is 2.06. The van der Waals surface area contributed by atoms with Crippen molar-refractivity contribution in [3.05, 3.63) is 34.6 Å². The minimum absolute atomic E-state index is 0.173. The molecule has 1 aliphatic heterocycles. The van der Waals surface area contributed by atoms with Gasteiger partial charge in [-0.1, -0.05) is 33.6 Å². The van der Waals surface area contributed by atoms with E-state index < -0.39 is 0 Å². The summed E-state index contributed by atoms with van der Waals surface area (Å²) >= 11 is 9.12. The largest absolute Gasteiger partial charge is 0.374 e. The third-order valence-electron chi connectivity index (χ3n) is 3.18. The molecule has 0 N–H and O–H groups in total. The zero-order chi connectivity index (χ0) is 13.1. The fourth-order valence-corrected chi connectivity index (χ4v) is 2.57. The highest BCUT2D eigenvalue weighted by molar-refractivity contribution is 9.09. The Labute approximate surface area is 120 Å². The summed E-state index contributed by atoms with van der Waals surface area (Å²) in [5.41, 5.74) is 0.943. The molecular formula is C13H16BrClFNO. The summed E-state index contributed by atoms with van der Waals surface area (Å²) in [5.74, 6) is -0.355. The van der Waals surface area contributed by atoms with Gasteiger partial charge in [0.05, 0.1) is 17.7 Å². The molecule has 0 spiro atoms. The van der Waals surface area contributed by atoms with Crippen LogP contribution in [0.3, 0.4) is 0 Å². The van der Waals surface area contributed by atoms with Gasteiger partial charge in [-0.15, -0.1) is 0 Å². The van der Waals surface area contributed by atoms with Crippen molar-refractivity contribution in [2.75, 3.05) is 18.5 Å². The van der Waals surface area contributed by atoms with E-state index in [4.69, 9.17) is 16.3 Å². The maximum Gasteiger partial charge on any atom is 0.142 e. The summed E-state index contributed by atoms with van der Waals surface area (Å²) < 4.78 is 19.1. The molecule has 1 aromatic carbocycles. The van der Waals surface area contributed by atoms with E-state index in [1.807, 2.05) is 6.07 Å². The van der Waals surface area contributed by atoms with E-state index in [1.165, 1.54) is 6.07 Å². The Kier molecular flexibility index (Phi) is 5.01. The maximum absolute atomic E-state index is 13.4. The van der Waals surface area contributed by atoms with Gasteiger partial charge in [0.15, 0.2) is 0 Å². The minimum atomic E-state index is -0.355. The van der Waals surface area contributed by atoms with E-state index in [-0.39, 0.29) is 16.9 Å². The SMILES string of the molecule is CC1COC(CBr)CN1Cc1ccc(Cl)c(F)c1. The second kappa shape index (κ2) is 6.33. The molecule has 18 heavy (non-hydrogen) atoms. The van der Waals surface area contributed by atoms with E-state index in [0.717, 1.165) is 24.0 Å². The van der Waals surface area contributed by atoms with E-state index >= 15 is 0 Å². The molecule has 100 valence electrons. The van der Waals surface area contributed by atoms with Gasteiger partial charge in [0.1, 0.15) is 5.82 Å². The predicted molar refractivity (Wildman–Crippen MR) is 74.8 cm³/mol. The first-order valence-electron chi connectivity index (χ1n) is 5.95. The van der Waals surface area contributed by atoms with Crippen molar-refractivity contribution in [3.8, 4) is 0 Å². The molecule has 0 saturated carbocycles. The second-order valence-electron chi connectivity index (χ2n) is 4.64. The Morgan fingerprint density at radius 2 is 2.33 bits per heavy atom. The number of benzene rings is 1. The maximum atomic E-state index is 13.4. The molecular weight excluding hydrogens is 321 g/mol. The number of rotatable bonds is 3. The Balaban J connectivity index is 2.04. The number of alkyl halides is 1. The van der Waals surface area contributed by atoms with Crippen LogP contribution in [0.25, 0.3) is 0 Å². The monoisotopic (exact) mass is 335 g/mol. The average molecular weight is 337 g/mol. The van der Waals surface area contributed by atoms with Crippen LogP contribution < -0.4 is 0 Å². The molecule has 1 heterocycles. The van der Waals surface area contributed by atoms with Crippen LogP contribution in [0.1, 0.15) is 12.5 Å². The van der Waals surface area contributed by atoms with Crippen molar-refractivity contribution in [2.45, 2.75) is 25.6 Å². The molecule has 0 aliphatic carbocycles. The van der Waals surface area contributed by atoms with Gasteiger partial charge in [-0.3, -0.25) is 4.90 Å². The topological polar surface area (TPSA) is 12.5 Å². The van der Waals surface area contributed by atoms with Crippen molar-refractivity contribution in [1.29, 1.82) is 0 Å². The lowest BCUT2D eigenvalue weighted by Crippen LogP contribution is -2.48. The molecule has 1 fully saturated rings. The van der Waals surface area contributed by atoms with E-state index in [9.17, 15) is 4.39 Å². The predicted octanol–water partition coefficient (Wildman–Crippen LogP) is 3.46. The van der Waals surface area contributed by atoms with Crippen molar-refractivity contribution in [2.24, 2.45) is 0 Å². The first kappa shape index (κ1) is 14.3. The zero-order valence-corrected chi connectivity index (χ0v) is 12.5. The number of hydrogen-bond donors (Lipinski definition) is 0. The quantitative estimate of drug-likeness (QED) is 0.784. The number of ether oxygens (including phenoxy) is 1. The van der Waals surface area contributed by atoms with Gasteiger partial charge in [-0.25, -0.2) is 4.39 Å². The highest BCUT2D eigenvalue weighted by Gasteiger charge is 2.25. The number of hydrogen-bond acceptors (Lipinski definition) is 2. The molecule has 0 aromatic heterocycles. The van der Waals surface area contributed by atoms with Crippen molar-refractivity contribution in [1.82, 2.24) is 4.90 Å². The van der Waals surface area contributed by atoms with Gasteiger partial charge in [0.2, 0.25) is 0 Å². The molecule has 2 nitrogen and oxygen atoms in total. The van der Waals surface area contributed by atoms with Crippen LogP contribution in [0.2, 0.25) is 5.02 Å². The first-order valence-corrected chi connectivity index (χ1v) is 7.45. The highest BCUT2D eigenvalue weighted by Crippen LogP contribution is 2.20. The summed E-state index contributed by atoms with van der Waals surface area (Å²) in [6, 6.07) is 5.34. The van der Waals surface area contributed by atoms with E-state index in [0.29, 0.717) is 12.6 Å². The first-order chi connectivity index (χ1) is 8.60. The third-order valence-corrected chi connectivity index (χ3v) is 4.21. The van der Waals surface area contributed by atoms with Crippen LogP contribution in [0, 0.1) is 5.82 Å². The second-order valence-corrected chi connectivity index (χ2v) is 5.69. The summed E-state index contributed by atoms with van der Waals surface area (Å²) in [4.78, 5) is 2.30. The molecule has 2 unspecified atom stereocenters. The number of morpholine rings is 1. The van der Waals surface area contributed by atoms with Gasteiger partial charge < -0.3 is 4.74 Å². The summed E-state index contributed by atoms with van der Waals surface area (Å²) in [7, 11) is 0. The molecule has 2 atom stereocenters. The average Bonchev–Trinajstić information content (AvgIpc) is 2.36. The zero-order valence-electron chi connectivity index (χ0n) is 10.2. The Hall–Kier alpha value is -0.160. The van der Waals surface area contributed by atoms with Crippen LogP contribution in [0.4, 0.5) is 4.39 Å².